The van der Waals surface area contributed by atoms with E-state index >= 15 is 0 Å². The van der Waals surface area contributed by atoms with Gasteiger partial charge in [-0.1, -0.05) is 12.5 Å². The highest BCUT2D eigenvalue weighted by molar-refractivity contribution is 7.09. The van der Waals surface area contributed by atoms with Crippen molar-refractivity contribution in [2.24, 2.45) is 11.1 Å². The Bertz CT molecular complexity index is 365. The summed E-state index contributed by atoms with van der Waals surface area (Å²) in [6.07, 6.45) is 4.06. The van der Waals surface area contributed by atoms with Crippen LogP contribution in [0, 0.1) is 5.41 Å². The summed E-state index contributed by atoms with van der Waals surface area (Å²) in [5.74, 6) is 0.226. The van der Waals surface area contributed by atoms with Crippen LogP contribution in [0.4, 0.5) is 0 Å². The maximum atomic E-state index is 12.1. The van der Waals surface area contributed by atoms with Gasteiger partial charge in [0.1, 0.15) is 0 Å². The van der Waals surface area contributed by atoms with Crippen molar-refractivity contribution in [2.45, 2.75) is 32.2 Å². The van der Waals surface area contributed by atoms with Crippen molar-refractivity contribution in [3.8, 4) is 0 Å². The number of nitrogens with two attached hydrogens (primary N) is 1. The largest absolute Gasteiger partial charge is 0.341 e. The smallest absolute Gasteiger partial charge is 0.223 e. The molecule has 1 aliphatic rings. The van der Waals surface area contributed by atoms with Gasteiger partial charge < -0.3 is 10.6 Å². The highest BCUT2D eigenvalue weighted by Crippen LogP contribution is 2.43. The molecule has 1 amide bonds. The molecule has 1 saturated carbocycles. The van der Waals surface area contributed by atoms with Gasteiger partial charge in [-0.15, -0.1) is 11.3 Å². The minimum Gasteiger partial charge on any atom is -0.341 e. The van der Waals surface area contributed by atoms with Crippen molar-refractivity contribution in [3.05, 3.63) is 22.4 Å². The van der Waals surface area contributed by atoms with E-state index in [4.69, 9.17) is 5.73 Å². The Kier molecular flexibility index (Phi) is 3.84. The van der Waals surface area contributed by atoms with Crippen molar-refractivity contribution in [1.82, 2.24) is 4.90 Å². The monoisotopic (exact) mass is 252 g/mol. The van der Waals surface area contributed by atoms with E-state index in [0.717, 1.165) is 19.4 Å². The first-order valence-electron chi connectivity index (χ1n) is 6.12. The molecule has 4 heteroatoms. The summed E-state index contributed by atoms with van der Waals surface area (Å²) in [7, 11) is 1.88. The minimum absolute atomic E-state index is 0.112. The maximum Gasteiger partial charge on any atom is 0.223 e. The molecule has 1 aromatic rings. The molecule has 1 aromatic heterocycles. The Hall–Kier alpha value is -0.870. The lowest BCUT2D eigenvalue weighted by molar-refractivity contribution is -0.134. The minimum atomic E-state index is 0.112. The average molecular weight is 252 g/mol. The molecule has 17 heavy (non-hydrogen) atoms. The number of hydrogen-bond acceptors (Lipinski definition) is 3. The lowest BCUT2D eigenvalue weighted by atomic mass is 9.66. The normalized spacial score (nSPS) is 17.5. The molecule has 94 valence electrons. The molecule has 0 unspecified atom stereocenters. The van der Waals surface area contributed by atoms with E-state index in [1.165, 1.54) is 11.3 Å². The highest BCUT2D eigenvalue weighted by atomic mass is 32.1. The summed E-state index contributed by atoms with van der Waals surface area (Å²) < 4.78 is 0. The van der Waals surface area contributed by atoms with E-state index in [9.17, 15) is 4.79 Å². The number of amides is 1. The lowest BCUT2D eigenvalue weighted by Gasteiger charge is -2.41. The van der Waals surface area contributed by atoms with E-state index in [0.29, 0.717) is 13.0 Å². The molecular formula is C13H20N2OS. The summed E-state index contributed by atoms with van der Waals surface area (Å²) in [6.45, 7) is 1.36. The van der Waals surface area contributed by atoms with Crippen LogP contribution in [-0.2, 0) is 11.3 Å². The topological polar surface area (TPSA) is 46.3 Å². The number of thiophene rings is 1. The fraction of sp³-hybridized carbons (Fsp3) is 0.615. The zero-order valence-corrected chi connectivity index (χ0v) is 11.1. The first kappa shape index (κ1) is 12.6. The van der Waals surface area contributed by atoms with Crippen molar-refractivity contribution in [1.29, 1.82) is 0 Å². The Morgan fingerprint density at radius 1 is 1.59 bits per heavy atom. The molecule has 0 aliphatic heterocycles. The van der Waals surface area contributed by atoms with Gasteiger partial charge in [0.05, 0.1) is 6.54 Å². The third kappa shape index (κ3) is 2.87. The summed E-state index contributed by atoms with van der Waals surface area (Å²) in [4.78, 5) is 15.2. The van der Waals surface area contributed by atoms with E-state index in [1.54, 1.807) is 11.3 Å². The second-order valence-corrected chi connectivity index (χ2v) is 6.10. The van der Waals surface area contributed by atoms with Crippen LogP contribution in [-0.4, -0.2) is 24.4 Å². The fourth-order valence-electron chi connectivity index (χ4n) is 2.31. The van der Waals surface area contributed by atoms with Gasteiger partial charge >= 0.3 is 0 Å². The molecule has 1 fully saturated rings. The van der Waals surface area contributed by atoms with Gasteiger partial charge in [0.25, 0.3) is 0 Å². The van der Waals surface area contributed by atoms with Crippen molar-refractivity contribution in [3.63, 3.8) is 0 Å². The Morgan fingerprint density at radius 2 is 2.35 bits per heavy atom. The second kappa shape index (κ2) is 5.19. The summed E-state index contributed by atoms with van der Waals surface area (Å²) in [5, 5.41) is 2.04. The van der Waals surface area contributed by atoms with Crippen molar-refractivity contribution < 1.29 is 4.79 Å². The maximum absolute atomic E-state index is 12.1. The molecule has 1 aliphatic carbocycles. The number of nitrogens with zero attached hydrogens (tertiary/aromatic N) is 1. The van der Waals surface area contributed by atoms with Gasteiger partial charge in [0.15, 0.2) is 0 Å². The molecule has 2 N–H and O–H groups in total. The quantitative estimate of drug-likeness (QED) is 0.873. The standard InChI is InChI=1S/C13H20N2OS/c1-15(9-11-4-2-7-17-11)12(16)8-13(10-14)5-3-6-13/h2,4,7H,3,5-6,8-10,14H2,1H3. The third-order valence-corrected chi connectivity index (χ3v) is 4.63. The summed E-state index contributed by atoms with van der Waals surface area (Å²) in [6, 6.07) is 4.09. The number of carbonyl (C=O) groups is 1. The van der Waals surface area contributed by atoms with Crippen LogP contribution >= 0.6 is 11.3 Å². The van der Waals surface area contributed by atoms with Crippen LogP contribution in [0.2, 0.25) is 0 Å². The van der Waals surface area contributed by atoms with Gasteiger partial charge in [-0.25, -0.2) is 0 Å². The summed E-state index contributed by atoms with van der Waals surface area (Å²) >= 11 is 1.69. The zero-order valence-electron chi connectivity index (χ0n) is 10.3. The molecule has 0 saturated heterocycles. The lowest BCUT2D eigenvalue weighted by Crippen LogP contribution is -2.42. The molecule has 3 nitrogen and oxygen atoms in total. The van der Waals surface area contributed by atoms with Gasteiger partial charge in [-0.05, 0) is 36.2 Å². The third-order valence-electron chi connectivity index (χ3n) is 3.77. The van der Waals surface area contributed by atoms with Crippen LogP contribution in [0.5, 0.6) is 0 Å². The van der Waals surface area contributed by atoms with Gasteiger partial charge in [-0.3, -0.25) is 4.79 Å². The van der Waals surface area contributed by atoms with Crippen LogP contribution in [0.15, 0.2) is 17.5 Å². The van der Waals surface area contributed by atoms with E-state index < -0.39 is 0 Å². The van der Waals surface area contributed by atoms with Crippen molar-refractivity contribution in [2.75, 3.05) is 13.6 Å². The molecular weight excluding hydrogens is 232 g/mol. The molecule has 0 aromatic carbocycles. The Morgan fingerprint density at radius 3 is 2.82 bits per heavy atom. The Balaban J connectivity index is 1.87. The number of hydrogen-bond donors (Lipinski definition) is 1. The van der Waals surface area contributed by atoms with Gasteiger partial charge in [0, 0.05) is 18.3 Å². The fourth-order valence-corrected chi connectivity index (χ4v) is 3.07. The highest BCUT2D eigenvalue weighted by Gasteiger charge is 2.38. The van der Waals surface area contributed by atoms with Gasteiger partial charge in [0.2, 0.25) is 5.91 Å². The Labute approximate surface area is 107 Å². The molecule has 2 rings (SSSR count). The first-order valence-corrected chi connectivity index (χ1v) is 7.00. The first-order chi connectivity index (χ1) is 8.15. The van der Waals surface area contributed by atoms with E-state index in [1.807, 2.05) is 23.4 Å². The van der Waals surface area contributed by atoms with E-state index in [2.05, 4.69) is 6.07 Å². The number of rotatable bonds is 5. The van der Waals surface area contributed by atoms with Crippen LogP contribution in [0.1, 0.15) is 30.6 Å². The molecule has 0 radical (unpaired) electrons. The molecule has 1 heterocycles. The zero-order chi connectivity index (χ0) is 12.3. The second-order valence-electron chi connectivity index (χ2n) is 5.06. The van der Waals surface area contributed by atoms with Crippen molar-refractivity contribution >= 4 is 17.2 Å². The van der Waals surface area contributed by atoms with Gasteiger partial charge in [-0.2, -0.15) is 0 Å². The average Bonchev–Trinajstić information content (AvgIpc) is 2.75. The van der Waals surface area contributed by atoms with Crippen LogP contribution in [0.3, 0.4) is 0 Å². The van der Waals surface area contributed by atoms with Crippen LogP contribution < -0.4 is 5.73 Å². The predicted octanol–water partition coefficient (Wildman–Crippen LogP) is 2.23. The summed E-state index contributed by atoms with van der Waals surface area (Å²) in [5.41, 5.74) is 5.90. The SMILES string of the molecule is CN(Cc1cccs1)C(=O)CC1(CN)CCC1. The molecule has 0 bridgehead atoms. The van der Waals surface area contributed by atoms with Crippen LogP contribution in [0.25, 0.3) is 0 Å². The predicted molar refractivity (Wildman–Crippen MR) is 70.7 cm³/mol. The van der Waals surface area contributed by atoms with E-state index in [-0.39, 0.29) is 11.3 Å². The molecule has 0 spiro atoms. The number of carbonyl (C=O) groups excluding carboxylic acids is 1. The molecule has 0 atom stereocenters.